The maximum Gasteiger partial charge on any atom is 0.227 e. The fraction of sp³-hybridized carbons (Fsp3) is 0.565. The lowest BCUT2D eigenvalue weighted by molar-refractivity contribution is 0.143. The SMILES string of the molecule is C[S@](=O)c1cnc(N2CC3CCC(C2)C3c2ccc(Cl)cc2)nc1NC1(CO)CCC1. The highest BCUT2D eigenvalue weighted by Crippen LogP contribution is 2.48. The number of nitrogens with one attached hydrogen (secondary N) is 1. The normalized spacial score (nSPS) is 27.6. The number of nitrogens with zero attached hydrogens (tertiary/aromatic N) is 3. The van der Waals surface area contributed by atoms with Crippen LogP contribution in [0.1, 0.15) is 43.6 Å². The minimum Gasteiger partial charge on any atom is -0.394 e. The molecule has 2 heterocycles. The molecule has 1 aromatic heterocycles. The van der Waals surface area contributed by atoms with Crippen LogP contribution >= 0.6 is 11.6 Å². The van der Waals surface area contributed by atoms with Crippen molar-refractivity contribution >= 4 is 34.2 Å². The van der Waals surface area contributed by atoms with E-state index in [1.165, 1.54) is 18.4 Å². The van der Waals surface area contributed by atoms with Crippen molar-refractivity contribution in [1.82, 2.24) is 9.97 Å². The van der Waals surface area contributed by atoms with Crippen LogP contribution in [0.5, 0.6) is 0 Å². The van der Waals surface area contributed by atoms with E-state index < -0.39 is 10.8 Å². The summed E-state index contributed by atoms with van der Waals surface area (Å²) in [6.45, 7) is 1.89. The van der Waals surface area contributed by atoms with Gasteiger partial charge in [-0.15, -0.1) is 0 Å². The number of rotatable bonds is 6. The van der Waals surface area contributed by atoms with E-state index in [-0.39, 0.29) is 12.1 Å². The van der Waals surface area contributed by atoms with Crippen LogP contribution in [-0.4, -0.2) is 50.8 Å². The molecule has 8 heteroatoms. The summed E-state index contributed by atoms with van der Waals surface area (Å²) in [6, 6.07) is 8.32. The maximum absolute atomic E-state index is 12.3. The van der Waals surface area contributed by atoms with Crippen LogP contribution in [0.25, 0.3) is 0 Å². The van der Waals surface area contributed by atoms with Crippen molar-refractivity contribution < 1.29 is 9.32 Å². The highest BCUT2D eigenvalue weighted by molar-refractivity contribution is 7.84. The molecule has 2 aliphatic carbocycles. The first-order valence-electron chi connectivity index (χ1n) is 11.1. The summed E-state index contributed by atoms with van der Waals surface area (Å²) in [4.78, 5) is 12.3. The molecule has 2 N–H and O–H groups in total. The third kappa shape index (κ3) is 3.96. The molecular formula is C23H29ClN4O2S. The molecule has 0 spiro atoms. The van der Waals surface area contributed by atoms with Gasteiger partial charge in [0.1, 0.15) is 5.82 Å². The van der Waals surface area contributed by atoms with E-state index in [4.69, 9.17) is 16.6 Å². The molecule has 3 fully saturated rings. The predicted octanol–water partition coefficient (Wildman–Crippen LogP) is 3.82. The van der Waals surface area contributed by atoms with Gasteiger partial charge in [0.25, 0.3) is 0 Å². The van der Waals surface area contributed by atoms with Gasteiger partial charge in [-0.3, -0.25) is 4.21 Å². The van der Waals surface area contributed by atoms with Gasteiger partial charge in [-0.05, 0) is 67.6 Å². The number of piperidine rings is 1. The van der Waals surface area contributed by atoms with Crippen molar-refractivity contribution in [3.8, 4) is 0 Å². The Balaban J connectivity index is 1.39. The zero-order valence-electron chi connectivity index (χ0n) is 17.8. The van der Waals surface area contributed by atoms with E-state index in [1.807, 2.05) is 12.1 Å². The second-order valence-corrected chi connectivity index (χ2v) is 11.1. The standard InChI is InChI=1S/C23H29ClN4O2S/c1-31(30)19-11-25-22(26-21(19)27-23(14-29)9-2-10-23)28-12-16-3-4-17(13-28)20(16)15-5-7-18(24)8-6-15/h5-8,11,16-17,20,29H,2-4,9-10,12-14H2,1H3,(H,25,26,27)/t16?,17?,20?,31-/m0/s1. The summed E-state index contributed by atoms with van der Waals surface area (Å²) in [6.07, 6.45) is 8.64. The molecule has 3 aliphatic rings. The lowest BCUT2D eigenvalue weighted by Gasteiger charge is -2.42. The molecule has 1 aromatic carbocycles. The van der Waals surface area contributed by atoms with Gasteiger partial charge in [0.05, 0.1) is 34.0 Å². The first kappa shape index (κ1) is 21.2. The summed E-state index contributed by atoms with van der Waals surface area (Å²) in [5.74, 6) is 2.98. The predicted molar refractivity (Wildman–Crippen MR) is 124 cm³/mol. The van der Waals surface area contributed by atoms with Gasteiger partial charge in [0.15, 0.2) is 0 Å². The van der Waals surface area contributed by atoms with Crippen molar-refractivity contribution in [2.24, 2.45) is 11.8 Å². The number of aromatic nitrogens is 2. The first-order chi connectivity index (χ1) is 15.0. The van der Waals surface area contributed by atoms with Gasteiger partial charge in [0, 0.05) is 24.4 Å². The number of fused-ring (bicyclic) bond motifs is 2. The molecule has 1 saturated heterocycles. The smallest absolute Gasteiger partial charge is 0.227 e. The molecular weight excluding hydrogens is 432 g/mol. The first-order valence-corrected chi connectivity index (χ1v) is 13.0. The monoisotopic (exact) mass is 460 g/mol. The molecule has 3 atom stereocenters. The number of aliphatic hydroxyl groups excluding tert-OH is 1. The van der Waals surface area contributed by atoms with Gasteiger partial charge in [-0.25, -0.2) is 4.98 Å². The van der Waals surface area contributed by atoms with Crippen molar-refractivity contribution in [1.29, 1.82) is 0 Å². The summed E-state index contributed by atoms with van der Waals surface area (Å²) < 4.78 is 12.3. The zero-order chi connectivity index (χ0) is 21.6. The third-order valence-electron chi connectivity index (χ3n) is 7.42. The van der Waals surface area contributed by atoms with Gasteiger partial charge in [-0.2, -0.15) is 4.98 Å². The van der Waals surface area contributed by atoms with Crippen LogP contribution in [-0.2, 0) is 10.8 Å². The third-order valence-corrected chi connectivity index (χ3v) is 8.59. The van der Waals surface area contributed by atoms with E-state index in [2.05, 4.69) is 27.3 Å². The summed E-state index contributed by atoms with van der Waals surface area (Å²) >= 11 is 6.09. The largest absolute Gasteiger partial charge is 0.394 e. The minimum atomic E-state index is -1.20. The Morgan fingerprint density at radius 1 is 1.23 bits per heavy atom. The number of hydrogen-bond donors (Lipinski definition) is 2. The Bertz CT molecular complexity index is 963. The maximum atomic E-state index is 12.3. The number of halogens is 1. The van der Waals surface area contributed by atoms with Crippen LogP contribution in [0.2, 0.25) is 5.02 Å². The molecule has 2 unspecified atom stereocenters. The molecule has 2 bridgehead atoms. The number of benzene rings is 1. The quantitative estimate of drug-likeness (QED) is 0.682. The molecule has 0 amide bonds. The van der Waals surface area contributed by atoms with E-state index in [9.17, 15) is 9.32 Å². The topological polar surface area (TPSA) is 78.4 Å². The minimum absolute atomic E-state index is 0.0543. The highest BCUT2D eigenvalue weighted by Gasteiger charge is 2.43. The van der Waals surface area contributed by atoms with Gasteiger partial charge >= 0.3 is 0 Å². The second-order valence-electron chi connectivity index (χ2n) is 9.33. The van der Waals surface area contributed by atoms with Gasteiger partial charge in [-0.1, -0.05) is 23.7 Å². The fourth-order valence-corrected chi connectivity index (χ4v) is 6.30. The van der Waals surface area contributed by atoms with E-state index in [0.717, 1.165) is 37.4 Å². The van der Waals surface area contributed by atoms with Crippen molar-refractivity contribution in [3.05, 3.63) is 41.0 Å². The van der Waals surface area contributed by atoms with Crippen molar-refractivity contribution in [3.63, 3.8) is 0 Å². The molecule has 6 nitrogen and oxygen atoms in total. The molecule has 31 heavy (non-hydrogen) atoms. The number of aliphatic hydroxyl groups is 1. The molecule has 5 rings (SSSR count). The Morgan fingerprint density at radius 2 is 1.90 bits per heavy atom. The van der Waals surface area contributed by atoms with Crippen LogP contribution in [0.15, 0.2) is 35.4 Å². The molecule has 1 aliphatic heterocycles. The average molecular weight is 461 g/mol. The fourth-order valence-electron chi connectivity index (χ4n) is 5.61. The summed E-state index contributed by atoms with van der Waals surface area (Å²) in [5, 5.41) is 14.1. The Hall–Kier alpha value is -1.70. The van der Waals surface area contributed by atoms with Crippen LogP contribution in [0.4, 0.5) is 11.8 Å². The molecule has 2 saturated carbocycles. The van der Waals surface area contributed by atoms with E-state index >= 15 is 0 Å². The highest BCUT2D eigenvalue weighted by atomic mass is 35.5. The van der Waals surface area contributed by atoms with Crippen molar-refractivity contribution in [2.45, 2.75) is 48.5 Å². The number of hydrogen-bond acceptors (Lipinski definition) is 6. The average Bonchev–Trinajstić information content (AvgIpc) is 3.00. The second kappa shape index (κ2) is 8.34. The van der Waals surface area contributed by atoms with Crippen molar-refractivity contribution in [2.75, 3.05) is 36.2 Å². The lowest BCUT2D eigenvalue weighted by Crippen LogP contribution is -2.49. The van der Waals surface area contributed by atoms with Gasteiger partial charge in [0.2, 0.25) is 5.95 Å². The zero-order valence-corrected chi connectivity index (χ0v) is 19.3. The Morgan fingerprint density at radius 3 is 2.45 bits per heavy atom. The lowest BCUT2D eigenvalue weighted by atomic mass is 9.77. The van der Waals surface area contributed by atoms with E-state index in [0.29, 0.717) is 34.4 Å². The van der Waals surface area contributed by atoms with E-state index in [1.54, 1.807) is 12.5 Å². The van der Waals surface area contributed by atoms with Crippen LogP contribution in [0, 0.1) is 11.8 Å². The van der Waals surface area contributed by atoms with Crippen LogP contribution in [0.3, 0.4) is 0 Å². The molecule has 2 aromatic rings. The molecule has 166 valence electrons. The Labute approximate surface area is 190 Å². The summed E-state index contributed by atoms with van der Waals surface area (Å²) in [7, 11) is -1.20. The number of anilines is 2. The van der Waals surface area contributed by atoms with Crippen LogP contribution < -0.4 is 10.2 Å². The Kier molecular flexibility index (Phi) is 5.69. The molecule has 0 radical (unpaired) electrons. The van der Waals surface area contributed by atoms with Gasteiger partial charge < -0.3 is 15.3 Å². The summed E-state index contributed by atoms with van der Waals surface area (Å²) in [5.41, 5.74) is 1.03.